The lowest BCUT2D eigenvalue weighted by Gasteiger charge is -2.31. The molecule has 4 aromatic rings. The molecule has 0 unspecified atom stereocenters. The van der Waals surface area contributed by atoms with E-state index in [2.05, 4.69) is 69.7 Å². The number of hydrogen-bond donors (Lipinski definition) is 0. The first-order valence-corrected chi connectivity index (χ1v) is 9.67. The molecule has 1 fully saturated rings. The summed E-state index contributed by atoms with van der Waals surface area (Å²) in [6.07, 6.45) is 2.38. The monoisotopic (exact) mass is 357 g/mol. The van der Waals surface area contributed by atoms with E-state index in [4.69, 9.17) is 4.98 Å². The van der Waals surface area contributed by atoms with Gasteiger partial charge in [-0.05, 0) is 43.4 Å². The summed E-state index contributed by atoms with van der Waals surface area (Å²) < 4.78 is 2.15. The first kappa shape index (κ1) is 16.2. The van der Waals surface area contributed by atoms with Gasteiger partial charge in [0.1, 0.15) is 0 Å². The maximum Gasteiger partial charge on any atom is 0.213 e. The molecule has 5 rings (SSSR count). The van der Waals surface area contributed by atoms with Crippen LogP contribution in [-0.4, -0.2) is 32.7 Å². The smallest absolute Gasteiger partial charge is 0.213 e. The fraction of sp³-hybridized carbons (Fsp3) is 0.318. The van der Waals surface area contributed by atoms with Crippen molar-refractivity contribution in [1.82, 2.24) is 19.6 Å². The third-order valence-corrected chi connectivity index (χ3v) is 5.68. The van der Waals surface area contributed by atoms with Crippen LogP contribution in [0.4, 0.5) is 5.95 Å². The molecule has 1 saturated heterocycles. The van der Waals surface area contributed by atoms with Gasteiger partial charge in [0.25, 0.3) is 0 Å². The third kappa shape index (κ3) is 2.65. The van der Waals surface area contributed by atoms with Gasteiger partial charge in [0.05, 0.1) is 5.52 Å². The van der Waals surface area contributed by atoms with Crippen LogP contribution in [0.25, 0.3) is 27.9 Å². The first-order chi connectivity index (χ1) is 13.2. The third-order valence-electron chi connectivity index (χ3n) is 5.68. The van der Waals surface area contributed by atoms with E-state index < -0.39 is 0 Å². The molecule has 0 amide bonds. The summed E-state index contributed by atoms with van der Waals surface area (Å²) in [5.41, 5.74) is 4.15. The van der Waals surface area contributed by atoms with Crippen molar-refractivity contribution in [2.45, 2.75) is 26.7 Å². The van der Waals surface area contributed by atoms with E-state index in [0.29, 0.717) is 0 Å². The topological polar surface area (TPSA) is 46.3 Å². The average molecular weight is 357 g/mol. The van der Waals surface area contributed by atoms with Gasteiger partial charge in [0, 0.05) is 24.0 Å². The summed E-state index contributed by atoms with van der Waals surface area (Å²) in [4.78, 5) is 7.44. The molecule has 2 aromatic heterocycles. The Balaban J connectivity index is 1.80. The molecule has 0 spiro atoms. The van der Waals surface area contributed by atoms with E-state index in [1.54, 1.807) is 0 Å². The van der Waals surface area contributed by atoms with Crippen LogP contribution in [0.5, 0.6) is 0 Å². The second kappa shape index (κ2) is 6.34. The maximum absolute atomic E-state index is 5.05. The highest BCUT2D eigenvalue weighted by atomic mass is 15.4. The van der Waals surface area contributed by atoms with E-state index in [1.807, 2.05) is 12.1 Å². The predicted molar refractivity (Wildman–Crippen MR) is 109 cm³/mol. The van der Waals surface area contributed by atoms with Gasteiger partial charge in [-0.2, -0.15) is 0 Å². The summed E-state index contributed by atoms with van der Waals surface area (Å²) in [7, 11) is 0. The molecule has 5 heteroatoms. The summed E-state index contributed by atoms with van der Waals surface area (Å²) >= 11 is 0. The van der Waals surface area contributed by atoms with Crippen LogP contribution >= 0.6 is 0 Å². The van der Waals surface area contributed by atoms with E-state index in [-0.39, 0.29) is 0 Å². The van der Waals surface area contributed by atoms with Crippen LogP contribution in [0, 0.1) is 12.8 Å². The zero-order chi connectivity index (χ0) is 18.4. The minimum Gasteiger partial charge on any atom is -0.342 e. The fourth-order valence-electron chi connectivity index (χ4n) is 3.99. The zero-order valence-corrected chi connectivity index (χ0v) is 15.8. The number of hydrogen-bond acceptors (Lipinski definition) is 4. The van der Waals surface area contributed by atoms with Gasteiger partial charge in [-0.1, -0.05) is 43.3 Å². The quantitative estimate of drug-likeness (QED) is 0.530. The van der Waals surface area contributed by atoms with Crippen LogP contribution in [-0.2, 0) is 0 Å². The van der Waals surface area contributed by atoms with Crippen LogP contribution in [0.15, 0.2) is 48.5 Å². The minimum atomic E-state index is 0.772. The molecule has 0 atom stereocenters. The molecule has 27 heavy (non-hydrogen) atoms. The van der Waals surface area contributed by atoms with Gasteiger partial charge in [0.2, 0.25) is 5.95 Å². The van der Waals surface area contributed by atoms with E-state index >= 15 is 0 Å². The van der Waals surface area contributed by atoms with Gasteiger partial charge in [-0.3, -0.25) is 0 Å². The van der Waals surface area contributed by atoms with Crippen molar-refractivity contribution in [3.05, 3.63) is 54.1 Å². The van der Waals surface area contributed by atoms with Gasteiger partial charge in [-0.15, -0.1) is 10.2 Å². The molecular formula is C22H23N5. The standard InChI is InChI=1S/C22H23N5/c1-15-11-13-26(14-12-15)22-23-19-10-6-5-9-18(19)21-25-24-20(27(21)22)17-8-4-3-7-16(17)2/h3-10,15H,11-14H2,1-2H3. The number of fused-ring (bicyclic) bond motifs is 3. The molecule has 1 aliphatic rings. The summed E-state index contributed by atoms with van der Waals surface area (Å²) in [5.74, 6) is 2.60. The van der Waals surface area contributed by atoms with Crippen molar-refractivity contribution >= 4 is 22.5 Å². The van der Waals surface area contributed by atoms with Crippen LogP contribution in [0.2, 0.25) is 0 Å². The summed E-state index contributed by atoms with van der Waals surface area (Å²) in [5, 5.41) is 10.2. The molecule has 1 aliphatic heterocycles. The largest absolute Gasteiger partial charge is 0.342 e. The van der Waals surface area contributed by atoms with E-state index in [0.717, 1.165) is 52.9 Å². The van der Waals surface area contributed by atoms with Crippen molar-refractivity contribution in [1.29, 1.82) is 0 Å². The number of aryl methyl sites for hydroxylation is 1. The lowest BCUT2D eigenvalue weighted by molar-refractivity contribution is 0.434. The Morgan fingerprint density at radius 1 is 0.926 bits per heavy atom. The highest BCUT2D eigenvalue weighted by molar-refractivity contribution is 5.93. The van der Waals surface area contributed by atoms with Crippen molar-refractivity contribution in [2.24, 2.45) is 5.92 Å². The zero-order valence-electron chi connectivity index (χ0n) is 15.8. The second-order valence-corrected chi connectivity index (χ2v) is 7.60. The van der Waals surface area contributed by atoms with Gasteiger partial charge >= 0.3 is 0 Å². The first-order valence-electron chi connectivity index (χ1n) is 9.67. The number of piperidine rings is 1. The number of benzene rings is 2. The van der Waals surface area contributed by atoms with Gasteiger partial charge in [-0.25, -0.2) is 9.38 Å². The lowest BCUT2D eigenvalue weighted by atomic mass is 9.99. The van der Waals surface area contributed by atoms with Crippen LogP contribution in [0.3, 0.4) is 0 Å². The number of nitrogens with zero attached hydrogens (tertiary/aromatic N) is 5. The van der Waals surface area contributed by atoms with Crippen LogP contribution in [0.1, 0.15) is 25.3 Å². The Morgan fingerprint density at radius 3 is 2.48 bits per heavy atom. The molecule has 0 saturated carbocycles. The van der Waals surface area contributed by atoms with E-state index in [9.17, 15) is 0 Å². The van der Waals surface area contributed by atoms with Crippen molar-refractivity contribution in [2.75, 3.05) is 18.0 Å². The van der Waals surface area contributed by atoms with Gasteiger partial charge < -0.3 is 4.90 Å². The summed E-state index contributed by atoms with van der Waals surface area (Å²) in [6, 6.07) is 16.6. The van der Waals surface area contributed by atoms with E-state index in [1.165, 1.54) is 18.4 Å². The van der Waals surface area contributed by atoms with Gasteiger partial charge in [0.15, 0.2) is 11.5 Å². The molecule has 0 bridgehead atoms. The SMILES string of the molecule is Cc1ccccc1-c1nnc2c3ccccc3nc(N3CCC(C)CC3)n12. The average Bonchev–Trinajstić information content (AvgIpc) is 3.14. The number of para-hydroxylation sites is 1. The predicted octanol–water partition coefficient (Wildman–Crippen LogP) is 4.49. The second-order valence-electron chi connectivity index (χ2n) is 7.60. The number of anilines is 1. The molecule has 0 N–H and O–H groups in total. The maximum atomic E-state index is 5.05. The lowest BCUT2D eigenvalue weighted by Crippen LogP contribution is -2.34. The van der Waals surface area contributed by atoms with Crippen LogP contribution < -0.4 is 4.90 Å². The molecule has 0 radical (unpaired) electrons. The molecule has 3 heterocycles. The van der Waals surface area contributed by atoms with Crippen molar-refractivity contribution in [3.8, 4) is 11.4 Å². The molecule has 2 aromatic carbocycles. The Kier molecular flexibility index (Phi) is 3.81. The number of aromatic nitrogens is 4. The highest BCUT2D eigenvalue weighted by Gasteiger charge is 2.23. The van der Waals surface area contributed by atoms with Crippen molar-refractivity contribution in [3.63, 3.8) is 0 Å². The Hall–Kier alpha value is -2.95. The molecule has 0 aliphatic carbocycles. The Morgan fingerprint density at radius 2 is 1.67 bits per heavy atom. The molecule has 5 nitrogen and oxygen atoms in total. The normalized spacial score (nSPS) is 15.7. The molecular weight excluding hydrogens is 334 g/mol. The van der Waals surface area contributed by atoms with Crippen molar-refractivity contribution < 1.29 is 0 Å². The highest BCUT2D eigenvalue weighted by Crippen LogP contribution is 2.31. The Labute approximate surface area is 158 Å². The number of rotatable bonds is 2. The summed E-state index contributed by atoms with van der Waals surface area (Å²) in [6.45, 7) is 6.49. The Bertz CT molecular complexity index is 1120. The minimum absolute atomic E-state index is 0.772. The fourth-order valence-corrected chi connectivity index (χ4v) is 3.99. The molecule has 136 valence electrons.